The molecule has 7 heteroatoms. The summed E-state index contributed by atoms with van der Waals surface area (Å²) in [6.07, 6.45) is 3.66. The van der Waals surface area contributed by atoms with E-state index in [0.717, 1.165) is 28.2 Å². The monoisotopic (exact) mass is 320 g/mol. The van der Waals surface area contributed by atoms with Crippen LogP contribution in [0.5, 0.6) is 0 Å². The summed E-state index contributed by atoms with van der Waals surface area (Å²) in [6, 6.07) is 3.85. The quantitative estimate of drug-likeness (QED) is 0.691. The van der Waals surface area contributed by atoms with E-state index in [1.165, 1.54) is 0 Å². The summed E-state index contributed by atoms with van der Waals surface area (Å²) < 4.78 is 2.01. The lowest BCUT2D eigenvalue weighted by atomic mass is 10.4. The molecule has 0 atom stereocenters. The first kappa shape index (κ1) is 16.3. The highest BCUT2D eigenvalue weighted by molar-refractivity contribution is 6.30. The molecule has 0 amide bonds. The normalized spacial score (nSPS) is 11.6. The van der Waals surface area contributed by atoms with E-state index in [1.54, 1.807) is 13.2 Å². The van der Waals surface area contributed by atoms with Gasteiger partial charge in [0.25, 0.3) is 0 Å². The van der Waals surface area contributed by atoms with Crippen molar-refractivity contribution in [2.24, 2.45) is 12.0 Å². The molecule has 0 saturated heterocycles. The number of nitrogens with one attached hydrogen (secondary N) is 1. The number of aliphatic imine (C=N–C) groups is 1. The lowest BCUT2D eigenvalue weighted by Gasteiger charge is -2.22. The van der Waals surface area contributed by atoms with E-state index in [1.807, 2.05) is 48.8 Å². The van der Waals surface area contributed by atoms with E-state index in [9.17, 15) is 0 Å². The van der Waals surface area contributed by atoms with E-state index < -0.39 is 0 Å². The second-order valence-corrected chi connectivity index (χ2v) is 5.55. The maximum Gasteiger partial charge on any atom is 0.194 e. The number of aromatic nitrogens is 3. The van der Waals surface area contributed by atoms with Crippen molar-refractivity contribution >= 4 is 17.6 Å². The zero-order valence-electron chi connectivity index (χ0n) is 13.3. The van der Waals surface area contributed by atoms with Gasteiger partial charge in [0.2, 0.25) is 0 Å². The summed E-state index contributed by atoms with van der Waals surface area (Å²) in [5, 5.41) is 4.04. The Labute approximate surface area is 135 Å². The molecule has 0 unspecified atom stereocenters. The molecule has 2 aromatic rings. The van der Waals surface area contributed by atoms with Gasteiger partial charge in [0.1, 0.15) is 5.82 Å². The lowest BCUT2D eigenvalue weighted by molar-refractivity contribution is 0.461. The first-order valence-corrected chi connectivity index (χ1v) is 7.38. The molecule has 2 rings (SSSR count). The number of halogens is 1. The summed E-state index contributed by atoms with van der Waals surface area (Å²) in [5.74, 6) is 1.56. The zero-order chi connectivity index (χ0) is 16.1. The Morgan fingerprint density at radius 1 is 1.50 bits per heavy atom. The Balaban J connectivity index is 1.97. The van der Waals surface area contributed by atoms with Crippen LogP contribution in [-0.4, -0.2) is 39.5 Å². The van der Waals surface area contributed by atoms with E-state index in [2.05, 4.69) is 20.3 Å². The highest BCUT2D eigenvalue weighted by atomic mass is 35.5. The molecule has 6 nitrogen and oxygen atoms in total. The summed E-state index contributed by atoms with van der Waals surface area (Å²) in [5.41, 5.74) is 2.05. The second kappa shape index (κ2) is 7.26. The molecule has 0 bridgehead atoms. The van der Waals surface area contributed by atoms with Gasteiger partial charge >= 0.3 is 0 Å². The smallest absolute Gasteiger partial charge is 0.194 e. The van der Waals surface area contributed by atoms with Gasteiger partial charge in [-0.15, -0.1) is 0 Å². The molecule has 118 valence electrons. The molecular weight excluding hydrogens is 300 g/mol. The molecule has 2 aromatic heterocycles. The van der Waals surface area contributed by atoms with E-state index >= 15 is 0 Å². The van der Waals surface area contributed by atoms with Crippen molar-refractivity contribution in [3.05, 3.63) is 46.8 Å². The maximum absolute atomic E-state index is 6.02. The van der Waals surface area contributed by atoms with Crippen molar-refractivity contribution in [1.29, 1.82) is 0 Å². The van der Waals surface area contributed by atoms with Crippen molar-refractivity contribution in [3.8, 4) is 0 Å². The van der Waals surface area contributed by atoms with Crippen LogP contribution in [0.2, 0.25) is 5.02 Å². The Kier molecular flexibility index (Phi) is 5.38. The highest BCUT2D eigenvalue weighted by Crippen LogP contribution is 2.14. The van der Waals surface area contributed by atoms with Crippen LogP contribution < -0.4 is 5.32 Å². The number of hydrogen-bond acceptors (Lipinski definition) is 3. The average Bonchev–Trinajstić information content (AvgIpc) is 2.77. The number of guanidine groups is 1. The topological polar surface area (TPSA) is 58.3 Å². The molecule has 0 saturated carbocycles. The van der Waals surface area contributed by atoms with Crippen molar-refractivity contribution in [2.75, 3.05) is 14.1 Å². The van der Waals surface area contributed by atoms with Gasteiger partial charge in [0, 0.05) is 39.2 Å². The van der Waals surface area contributed by atoms with E-state index in [0.29, 0.717) is 13.1 Å². The number of nitrogens with zero attached hydrogens (tertiary/aromatic N) is 5. The van der Waals surface area contributed by atoms with Crippen LogP contribution in [0.3, 0.4) is 0 Å². The van der Waals surface area contributed by atoms with Gasteiger partial charge in [0.15, 0.2) is 5.96 Å². The molecule has 22 heavy (non-hydrogen) atoms. The van der Waals surface area contributed by atoms with Crippen LogP contribution in [0.25, 0.3) is 0 Å². The van der Waals surface area contributed by atoms with Crippen LogP contribution >= 0.6 is 11.6 Å². The van der Waals surface area contributed by atoms with Gasteiger partial charge in [0.05, 0.1) is 23.8 Å². The maximum atomic E-state index is 6.02. The van der Waals surface area contributed by atoms with Crippen LogP contribution in [0.4, 0.5) is 0 Å². The van der Waals surface area contributed by atoms with E-state index in [-0.39, 0.29) is 0 Å². The van der Waals surface area contributed by atoms with Gasteiger partial charge < -0.3 is 14.8 Å². The van der Waals surface area contributed by atoms with Crippen molar-refractivity contribution < 1.29 is 0 Å². The largest absolute Gasteiger partial charge is 0.351 e. The van der Waals surface area contributed by atoms with Gasteiger partial charge in [-0.25, -0.2) is 9.97 Å². The molecule has 0 radical (unpaired) electrons. The average molecular weight is 321 g/mol. The zero-order valence-corrected chi connectivity index (χ0v) is 14.1. The molecular formula is C15H21ClN6. The van der Waals surface area contributed by atoms with Crippen LogP contribution in [0.15, 0.2) is 29.5 Å². The molecule has 0 aliphatic carbocycles. The van der Waals surface area contributed by atoms with Crippen molar-refractivity contribution in [1.82, 2.24) is 24.8 Å². The fourth-order valence-electron chi connectivity index (χ4n) is 2.20. The number of hydrogen-bond donors (Lipinski definition) is 1. The molecule has 0 aliphatic rings. The Bertz CT molecular complexity index is 664. The Morgan fingerprint density at radius 2 is 2.27 bits per heavy atom. The molecule has 0 fully saturated rings. The summed E-state index contributed by atoms with van der Waals surface area (Å²) >= 11 is 6.02. The van der Waals surface area contributed by atoms with Gasteiger partial charge in [-0.1, -0.05) is 11.6 Å². The van der Waals surface area contributed by atoms with E-state index in [4.69, 9.17) is 11.6 Å². The fourth-order valence-corrected chi connectivity index (χ4v) is 2.47. The summed E-state index contributed by atoms with van der Waals surface area (Å²) in [7, 11) is 5.73. The number of rotatable bonds is 4. The van der Waals surface area contributed by atoms with Crippen LogP contribution in [0.1, 0.15) is 17.2 Å². The minimum atomic E-state index is 0.605. The van der Waals surface area contributed by atoms with Gasteiger partial charge in [-0.2, -0.15) is 0 Å². The SMILES string of the molecule is CN=C(NCc1ccnc(C)n1)N(C)Cc1cc(Cl)cn1C. The second-order valence-electron chi connectivity index (χ2n) is 5.11. The first-order chi connectivity index (χ1) is 10.5. The van der Waals surface area contributed by atoms with Gasteiger partial charge in [-0.05, 0) is 19.1 Å². The summed E-state index contributed by atoms with van der Waals surface area (Å²) in [4.78, 5) is 14.8. The van der Waals surface area contributed by atoms with Crippen molar-refractivity contribution in [2.45, 2.75) is 20.0 Å². The molecule has 0 aromatic carbocycles. The minimum Gasteiger partial charge on any atom is -0.351 e. The first-order valence-electron chi connectivity index (χ1n) is 7.00. The Morgan fingerprint density at radius 3 is 2.86 bits per heavy atom. The molecule has 0 spiro atoms. The predicted octanol–water partition coefficient (Wildman–Crippen LogP) is 1.98. The minimum absolute atomic E-state index is 0.605. The van der Waals surface area contributed by atoms with Crippen LogP contribution in [0, 0.1) is 6.92 Å². The standard InChI is InChI=1S/C15H21ClN6/c1-11-18-6-5-13(20-11)8-19-15(17-2)22(4)10-14-7-12(16)9-21(14)3/h5-7,9H,8,10H2,1-4H3,(H,17,19). The van der Waals surface area contributed by atoms with Crippen molar-refractivity contribution in [3.63, 3.8) is 0 Å². The summed E-state index contributed by atoms with van der Waals surface area (Å²) in [6.45, 7) is 3.20. The Hall–Kier alpha value is -2.08. The third-order valence-electron chi connectivity index (χ3n) is 3.31. The van der Waals surface area contributed by atoms with Crippen LogP contribution in [-0.2, 0) is 20.1 Å². The fraction of sp³-hybridized carbons (Fsp3) is 0.400. The third kappa shape index (κ3) is 4.21. The number of aryl methyl sites for hydroxylation is 2. The molecule has 1 N–H and O–H groups in total. The highest BCUT2D eigenvalue weighted by Gasteiger charge is 2.10. The lowest BCUT2D eigenvalue weighted by Crippen LogP contribution is -2.38. The predicted molar refractivity (Wildman–Crippen MR) is 88.9 cm³/mol. The van der Waals surface area contributed by atoms with Gasteiger partial charge in [-0.3, -0.25) is 4.99 Å². The third-order valence-corrected chi connectivity index (χ3v) is 3.52. The molecule has 0 aliphatic heterocycles. The molecule has 2 heterocycles.